The Morgan fingerprint density at radius 2 is 1.65 bits per heavy atom. The van der Waals surface area contributed by atoms with Gasteiger partial charge >= 0.3 is 0 Å². The van der Waals surface area contributed by atoms with Crippen molar-refractivity contribution in [3.8, 4) is 0 Å². The van der Waals surface area contributed by atoms with Gasteiger partial charge in [0, 0.05) is 10.8 Å². The number of aryl methyl sites for hydroxylation is 1. The minimum Gasteiger partial charge on any atom is -0.0689 e. The highest BCUT2D eigenvalue weighted by atomic mass is 14.1. The van der Waals surface area contributed by atoms with Crippen molar-refractivity contribution in [1.82, 2.24) is 0 Å². The average Bonchev–Trinajstić information content (AvgIpc) is 2.38. The fourth-order valence-electron chi connectivity index (χ4n) is 2.74. The van der Waals surface area contributed by atoms with E-state index >= 15 is 0 Å². The van der Waals surface area contributed by atoms with E-state index in [0.717, 1.165) is 5.39 Å². The Labute approximate surface area is 99.8 Å². The number of benzene rings is 3. The van der Waals surface area contributed by atoms with Crippen LogP contribution in [0.2, 0.25) is 0 Å². The second-order valence-electron chi connectivity index (χ2n) is 4.58. The average molecular weight is 214 g/mol. The largest absolute Gasteiger partial charge is 0.0689 e. The van der Waals surface area contributed by atoms with Crippen molar-refractivity contribution >= 4 is 32.3 Å². The van der Waals surface area contributed by atoms with Crippen molar-refractivity contribution in [1.29, 1.82) is 0 Å². The van der Waals surface area contributed by atoms with Crippen molar-refractivity contribution < 1.29 is 0 Å². The molecule has 78 valence electrons. The molecule has 0 unspecified atom stereocenters. The summed E-state index contributed by atoms with van der Waals surface area (Å²) in [5.74, 6) is 0. The molecule has 0 aliphatic carbocycles. The number of rotatable bonds is 0. The van der Waals surface area contributed by atoms with Crippen LogP contribution in [0.15, 0.2) is 42.5 Å². The highest BCUT2D eigenvalue weighted by Crippen LogP contribution is 2.34. The summed E-state index contributed by atoms with van der Waals surface area (Å²) in [4.78, 5) is 0. The quantitative estimate of drug-likeness (QED) is 0.404. The molecular formula is C17H10. The minimum atomic E-state index is 1.16. The van der Waals surface area contributed by atoms with Crippen LogP contribution in [0.3, 0.4) is 0 Å². The molecule has 0 N–H and O–H groups in total. The molecule has 0 amide bonds. The van der Waals surface area contributed by atoms with Gasteiger partial charge in [0.2, 0.25) is 0 Å². The van der Waals surface area contributed by atoms with E-state index < -0.39 is 0 Å². The van der Waals surface area contributed by atoms with E-state index in [2.05, 4.69) is 55.5 Å². The van der Waals surface area contributed by atoms with Crippen molar-refractivity contribution in [2.75, 3.05) is 0 Å². The Morgan fingerprint density at radius 3 is 2.59 bits per heavy atom. The molecule has 4 rings (SSSR count). The lowest BCUT2D eigenvalue weighted by Crippen LogP contribution is -1.84. The third-order valence-electron chi connectivity index (χ3n) is 3.60. The standard InChI is InChI=1S/C17H10/c1-11-5-6-14-8-7-12-3-2-4-13-9-10-15(11)17(14)16(12)13/h4-10H,1H3. The van der Waals surface area contributed by atoms with Gasteiger partial charge in [0.15, 0.2) is 0 Å². The van der Waals surface area contributed by atoms with Crippen LogP contribution in [0, 0.1) is 19.1 Å². The molecule has 0 aromatic heterocycles. The lowest BCUT2D eigenvalue weighted by molar-refractivity contribution is 1.55. The lowest BCUT2D eigenvalue weighted by Gasteiger charge is -2.10. The molecule has 0 atom stereocenters. The van der Waals surface area contributed by atoms with Crippen molar-refractivity contribution in [3.63, 3.8) is 0 Å². The van der Waals surface area contributed by atoms with Gasteiger partial charge in [-0.1, -0.05) is 42.5 Å². The molecule has 0 bridgehead atoms. The Hall–Kier alpha value is -2.26. The second-order valence-corrected chi connectivity index (χ2v) is 4.58. The predicted octanol–water partition coefficient (Wildman–Crippen LogP) is 4.49. The SMILES string of the molecule is Cc1ccc2ccc3c#ccc4ccc1c2c34. The molecule has 0 saturated heterocycles. The topological polar surface area (TPSA) is 0 Å². The van der Waals surface area contributed by atoms with Gasteiger partial charge in [0.25, 0.3) is 0 Å². The number of hydrogen-bond donors (Lipinski definition) is 0. The maximum absolute atomic E-state index is 3.21. The van der Waals surface area contributed by atoms with Crippen LogP contribution in [-0.4, -0.2) is 0 Å². The van der Waals surface area contributed by atoms with Gasteiger partial charge in [0.1, 0.15) is 0 Å². The van der Waals surface area contributed by atoms with E-state index in [-0.39, 0.29) is 0 Å². The molecule has 0 nitrogen and oxygen atoms in total. The molecule has 0 radical (unpaired) electrons. The van der Waals surface area contributed by atoms with Gasteiger partial charge < -0.3 is 0 Å². The number of hydrogen-bond acceptors (Lipinski definition) is 0. The molecule has 4 aromatic carbocycles. The Balaban J connectivity index is 2.48. The molecule has 4 aromatic rings. The predicted molar refractivity (Wildman–Crippen MR) is 72.6 cm³/mol. The van der Waals surface area contributed by atoms with E-state index in [1.54, 1.807) is 0 Å². The highest BCUT2D eigenvalue weighted by Gasteiger charge is 2.08. The first-order chi connectivity index (χ1) is 8.34. The molecule has 0 fully saturated rings. The van der Waals surface area contributed by atoms with Gasteiger partial charge in [-0.15, -0.1) is 0 Å². The molecule has 0 spiro atoms. The van der Waals surface area contributed by atoms with Crippen molar-refractivity contribution in [3.05, 3.63) is 60.2 Å². The normalized spacial score (nSPS) is 11.4. The molecule has 0 aliphatic rings. The summed E-state index contributed by atoms with van der Waals surface area (Å²) in [6.45, 7) is 2.17. The summed E-state index contributed by atoms with van der Waals surface area (Å²) in [5.41, 5.74) is 1.33. The highest BCUT2D eigenvalue weighted by molar-refractivity contribution is 6.23. The van der Waals surface area contributed by atoms with Crippen LogP contribution in [0.25, 0.3) is 32.3 Å². The summed E-state index contributed by atoms with van der Waals surface area (Å²) in [6, 6.07) is 21.4. The monoisotopic (exact) mass is 214 g/mol. The van der Waals surface area contributed by atoms with Crippen LogP contribution in [0.5, 0.6) is 0 Å². The first-order valence-electron chi connectivity index (χ1n) is 5.81. The van der Waals surface area contributed by atoms with E-state index in [4.69, 9.17) is 0 Å². The Morgan fingerprint density at radius 1 is 0.824 bits per heavy atom. The van der Waals surface area contributed by atoms with E-state index in [1.807, 2.05) is 6.07 Å². The molecule has 0 saturated carbocycles. The third kappa shape index (κ3) is 1.04. The summed E-state index contributed by atoms with van der Waals surface area (Å²) >= 11 is 0. The zero-order chi connectivity index (χ0) is 11.4. The first-order valence-corrected chi connectivity index (χ1v) is 5.81. The molecule has 17 heavy (non-hydrogen) atoms. The molecule has 0 heteroatoms. The van der Waals surface area contributed by atoms with Crippen LogP contribution in [0.4, 0.5) is 0 Å². The van der Waals surface area contributed by atoms with Crippen LogP contribution >= 0.6 is 0 Å². The summed E-state index contributed by atoms with van der Waals surface area (Å²) in [5, 5.41) is 7.75. The Bertz CT molecular complexity index is 824. The van der Waals surface area contributed by atoms with Gasteiger partial charge in [-0.25, -0.2) is 0 Å². The van der Waals surface area contributed by atoms with Crippen LogP contribution in [0.1, 0.15) is 5.56 Å². The second kappa shape index (κ2) is 2.90. The molecule has 0 heterocycles. The maximum Gasteiger partial charge on any atom is 0.0334 e. The molecular weight excluding hydrogens is 204 g/mol. The summed E-state index contributed by atoms with van der Waals surface area (Å²) in [6.07, 6.45) is 0. The maximum atomic E-state index is 3.21. The summed E-state index contributed by atoms with van der Waals surface area (Å²) in [7, 11) is 0. The van der Waals surface area contributed by atoms with E-state index in [1.165, 1.54) is 32.5 Å². The van der Waals surface area contributed by atoms with E-state index in [0.29, 0.717) is 0 Å². The van der Waals surface area contributed by atoms with Crippen LogP contribution in [-0.2, 0) is 0 Å². The fourth-order valence-corrected chi connectivity index (χ4v) is 2.74. The zero-order valence-corrected chi connectivity index (χ0v) is 9.54. The smallest absolute Gasteiger partial charge is 0.0334 e. The first kappa shape index (κ1) is 8.84. The molecule has 0 aliphatic heterocycles. The lowest BCUT2D eigenvalue weighted by atomic mass is 9.93. The van der Waals surface area contributed by atoms with E-state index in [9.17, 15) is 0 Å². The van der Waals surface area contributed by atoms with Crippen LogP contribution < -0.4 is 0 Å². The Kier molecular flexibility index (Phi) is 1.51. The third-order valence-corrected chi connectivity index (χ3v) is 3.60. The summed E-state index contributed by atoms with van der Waals surface area (Å²) < 4.78 is 0. The van der Waals surface area contributed by atoms with Gasteiger partial charge in [-0.2, -0.15) is 0 Å². The van der Waals surface area contributed by atoms with Crippen molar-refractivity contribution in [2.24, 2.45) is 0 Å². The van der Waals surface area contributed by atoms with Crippen molar-refractivity contribution in [2.45, 2.75) is 6.92 Å². The van der Waals surface area contributed by atoms with Gasteiger partial charge in [-0.3, -0.25) is 0 Å². The van der Waals surface area contributed by atoms with Gasteiger partial charge in [-0.05, 0) is 46.2 Å². The fraction of sp³-hybridized carbons (Fsp3) is 0.0588. The minimum absolute atomic E-state index is 1.16. The zero-order valence-electron chi connectivity index (χ0n) is 9.54. The van der Waals surface area contributed by atoms with Gasteiger partial charge in [0.05, 0.1) is 0 Å².